The Morgan fingerprint density at radius 2 is 1.11 bits per heavy atom. The van der Waals surface area contributed by atoms with E-state index in [-0.39, 0.29) is 6.07 Å². The molecule has 0 fully saturated rings. The predicted molar refractivity (Wildman–Crippen MR) is 87.6 cm³/mol. The molecule has 150 valence electrons. The van der Waals surface area contributed by atoms with Crippen molar-refractivity contribution in [3.05, 3.63) is 18.2 Å². The van der Waals surface area contributed by atoms with Crippen LogP contribution >= 0.6 is 0 Å². The molecule has 0 aliphatic carbocycles. The number of rotatable bonds is 4. The van der Waals surface area contributed by atoms with Crippen molar-refractivity contribution >= 4 is 56.9 Å². The van der Waals surface area contributed by atoms with Crippen LogP contribution in [0.2, 0.25) is 0 Å². The minimum Gasteiger partial charge on any atom is -0.396 e. The fourth-order valence-electron chi connectivity index (χ4n) is 2.27. The number of fused-ring (bicyclic) bond motifs is 1. The highest BCUT2D eigenvalue weighted by Crippen LogP contribution is 2.39. The van der Waals surface area contributed by atoms with E-state index in [1.54, 1.807) is 0 Å². The Bertz CT molecular complexity index is 1400. The van der Waals surface area contributed by atoms with Gasteiger partial charge in [-0.1, -0.05) is 0 Å². The number of hydrogen-bond donors (Lipinski definition) is 5. The first kappa shape index (κ1) is 21.4. The van der Waals surface area contributed by atoms with Gasteiger partial charge in [0.1, 0.15) is 14.7 Å². The van der Waals surface area contributed by atoms with Crippen molar-refractivity contribution in [3.8, 4) is 0 Å². The standard InChI is InChI=1S/C10H9NO12S4/c11-9-7(26(18,19)20)2-4-1-5(24(12,13)14)3-6(25(15,16)17)8(4)10(9)27(21,22)23/h1-3H,11H2,(H,12,13,14)(H,15,16,17)(H,18,19,20)(H,21,22,23). The Hall–Kier alpha value is -1.86. The third-order valence-corrected chi connectivity index (χ3v) is 6.78. The number of nitrogens with two attached hydrogens (primary N) is 1. The highest BCUT2D eigenvalue weighted by Gasteiger charge is 2.31. The van der Waals surface area contributed by atoms with Crippen LogP contribution < -0.4 is 5.73 Å². The molecule has 0 heterocycles. The van der Waals surface area contributed by atoms with E-state index in [4.69, 9.17) is 14.8 Å². The molecule has 0 atom stereocenters. The number of anilines is 1. The molecule has 0 radical (unpaired) electrons. The van der Waals surface area contributed by atoms with Crippen molar-refractivity contribution in [3.63, 3.8) is 0 Å². The van der Waals surface area contributed by atoms with E-state index in [2.05, 4.69) is 0 Å². The molecule has 0 aliphatic heterocycles. The van der Waals surface area contributed by atoms with Gasteiger partial charge in [0.25, 0.3) is 40.5 Å². The molecule has 13 nitrogen and oxygen atoms in total. The maximum atomic E-state index is 11.7. The summed E-state index contributed by atoms with van der Waals surface area (Å²) in [5, 5.41) is -1.90. The second-order valence-corrected chi connectivity index (χ2v) is 10.6. The van der Waals surface area contributed by atoms with Gasteiger partial charge in [0.15, 0.2) is 0 Å². The monoisotopic (exact) mass is 463 g/mol. The molecule has 17 heteroatoms. The molecule has 0 amide bonds. The van der Waals surface area contributed by atoms with E-state index in [1.165, 1.54) is 0 Å². The van der Waals surface area contributed by atoms with Crippen molar-refractivity contribution in [1.82, 2.24) is 0 Å². The zero-order valence-corrected chi connectivity index (χ0v) is 15.8. The normalized spacial score (nSPS) is 13.8. The van der Waals surface area contributed by atoms with Crippen LogP contribution in [0.4, 0.5) is 5.69 Å². The summed E-state index contributed by atoms with van der Waals surface area (Å²) >= 11 is 0. The SMILES string of the molecule is Nc1c(S(=O)(=O)O)cc2cc(S(=O)(=O)O)cc(S(=O)(=O)O)c2c1S(=O)(=O)O. The van der Waals surface area contributed by atoms with E-state index in [0.29, 0.717) is 12.1 Å². The summed E-state index contributed by atoms with van der Waals surface area (Å²) < 4.78 is 129. The molecular formula is C10H9NO12S4. The van der Waals surface area contributed by atoms with Crippen LogP contribution in [0.15, 0.2) is 37.8 Å². The lowest BCUT2D eigenvalue weighted by atomic mass is 10.1. The summed E-state index contributed by atoms with van der Waals surface area (Å²) in [7, 11) is -21.2. The predicted octanol–water partition coefficient (Wildman–Crippen LogP) is -0.591. The first-order valence-corrected chi connectivity index (χ1v) is 11.9. The third-order valence-electron chi connectivity index (χ3n) is 3.24. The van der Waals surface area contributed by atoms with Gasteiger partial charge < -0.3 is 5.73 Å². The molecule has 2 aromatic carbocycles. The zero-order chi connectivity index (χ0) is 21.2. The number of hydrogen-bond acceptors (Lipinski definition) is 9. The van der Waals surface area contributed by atoms with Crippen LogP contribution in [0.25, 0.3) is 10.8 Å². The lowest BCUT2D eigenvalue weighted by Gasteiger charge is -2.14. The van der Waals surface area contributed by atoms with Gasteiger partial charge in [0, 0.05) is 5.39 Å². The summed E-state index contributed by atoms with van der Waals surface area (Å²) in [5.74, 6) is 0. The summed E-state index contributed by atoms with van der Waals surface area (Å²) in [5.41, 5.74) is 4.04. The minimum absolute atomic E-state index is 0.161. The van der Waals surface area contributed by atoms with Gasteiger partial charge in [-0.25, -0.2) is 0 Å². The molecule has 0 unspecified atom stereocenters. The summed E-state index contributed by atoms with van der Waals surface area (Å²) in [4.78, 5) is -5.43. The van der Waals surface area contributed by atoms with Crippen molar-refractivity contribution in [1.29, 1.82) is 0 Å². The quantitative estimate of drug-likeness (QED) is 0.281. The van der Waals surface area contributed by atoms with Gasteiger partial charge in [-0.2, -0.15) is 33.7 Å². The highest BCUT2D eigenvalue weighted by atomic mass is 32.2. The Morgan fingerprint density at radius 1 is 0.630 bits per heavy atom. The third kappa shape index (κ3) is 4.04. The van der Waals surface area contributed by atoms with E-state index in [1.807, 2.05) is 0 Å². The Labute approximate surface area is 152 Å². The fraction of sp³-hybridized carbons (Fsp3) is 0. The van der Waals surface area contributed by atoms with Crippen LogP contribution in [0, 0.1) is 0 Å². The fourth-order valence-corrected chi connectivity index (χ4v) is 5.30. The summed E-state index contributed by atoms with van der Waals surface area (Å²) in [6, 6.07) is 0.981. The molecule has 27 heavy (non-hydrogen) atoms. The van der Waals surface area contributed by atoms with Crippen LogP contribution in [-0.2, 0) is 40.5 Å². The second kappa shape index (κ2) is 6.07. The average Bonchev–Trinajstić information content (AvgIpc) is 2.40. The van der Waals surface area contributed by atoms with Crippen LogP contribution in [0.3, 0.4) is 0 Å². The first-order valence-electron chi connectivity index (χ1n) is 6.15. The summed E-state index contributed by atoms with van der Waals surface area (Å²) in [6.45, 7) is 0. The maximum Gasteiger partial charge on any atom is 0.297 e. The topological polar surface area (TPSA) is 243 Å². The van der Waals surface area contributed by atoms with Crippen molar-refractivity contribution in [2.75, 3.05) is 5.73 Å². The largest absolute Gasteiger partial charge is 0.396 e. The molecule has 0 bridgehead atoms. The van der Waals surface area contributed by atoms with Gasteiger partial charge in [0.2, 0.25) is 0 Å². The first-order chi connectivity index (χ1) is 11.8. The lowest BCUT2D eigenvalue weighted by molar-refractivity contribution is 0.479. The van der Waals surface area contributed by atoms with Gasteiger partial charge >= 0.3 is 0 Å². The molecule has 0 aromatic heterocycles. The van der Waals surface area contributed by atoms with Gasteiger partial charge in [-0.3, -0.25) is 18.2 Å². The second-order valence-electron chi connectivity index (χ2n) is 5.04. The lowest BCUT2D eigenvalue weighted by Crippen LogP contribution is -2.13. The Balaban J connectivity index is 3.41. The molecule has 0 saturated heterocycles. The van der Waals surface area contributed by atoms with E-state index < -0.39 is 76.5 Å². The molecule has 2 aromatic rings. The van der Waals surface area contributed by atoms with Crippen LogP contribution in [-0.4, -0.2) is 51.9 Å². The van der Waals surface area contributed by atoms with E-state index in [9.17, 15) is 42.8 Å². The van der Waals surface area contributed by atoms with Gasteiger partial charge in [0.05, 0.1) is 10.6 Å². The molecule has 2 rings (SSSR count). The Kier molecular flexibility index (Phi) is 4.82. The minimum atomic E-state index is -5.46. The molecule has 6 N–H and O–H groups in total. The van der Waals surface area contributed by atoms with Crippen LogP contribution in [0.1, 0.15) is 0 Å². The van der Waals surface area contributed by atoms with Crippen LogP contribution in [0.5, 0.6) is 0 Å². The highest BCUT2D eigenvalue weighted by molar-refractivity contribution is 7.88. The van der Waals surface area contributed by atoms with Crippen molar-refractivity contribution in [2.24, 2.45) is 0 Å². The van der Waals surface area contributed by atoms with Crippen molar-refractivity contribution < 1.29 is 51.9 Å². The molecule has 0 spiro atoms. The van der Waals surface area contributed by atoms with Gasteiger partial charge in [-0.05, 0) is 23.6 Å². The van der Waals surface area contributed by atoms with Gasteiger partial charge in [-0.15, -0.1) is 0 Å². The zero-order valence-electron chi connectivity index (χ0n) is 12.5. The smallest absolute Gasteiger partial charge is 0.297 e. The molecular weight excluding hydrogens is 454 g/mol. The maximum absolute atomic E-state index is 11.7. The Morgan fingerprint density at radius 3 is 1.48 bits per heavy atom. The van der Waals surface area contributed by atoms with E-state index in [0.717, 1.165) is 0 Å². The van der Waals surface area contributed by atoms with Crippen molar-refractivity contribution in [2.45, 2.75) is 19.6 Å². The average molecular weight is 463 g/mol. The summed E-state index contributed by atoms with van der Waals surface area (Å²) in [6.07, 6.45) is 0. The number of benzene rings is 2. The molecule has 0 aliphatic rings. The number of nitrogen functional groups attached to an aromatic ring is 1. The molecule has 0 saturated carbocycles. The van der Waals surface area contributed by atoms with E-state index >= 15 is 0 Å².